The first-order valence-corrected chi connectivity index (χ1v) is 24.6. The van der Waals surface area contributed by atoms with Gasteiger partial charge in [-0.05, 0) is 21.8 Å². The van der Waals surface area contributed by atoms with Gasteiger partial charge in [-0.2, -0.15) is 0 Å². The average molecular weight is 1130 g/mol. The molecule has 1 N–H and O–H groups in total. The number of hydrogen-bond donors (Lipinski definition) is 1. The van der Waals surface area contributed by atoms with Crippen LogP contribution in [0, 0.1) is 18.3 Å². The van der Waals surface area contributed by atoms with Gasteiger partial charge in [0.15, 0.2) is 0 Å². The second-order valence-corrected chi connectivity index (χ2v) is 25.5. The van der Waals surface area contributed by atoms with Gasteiger partial charge in [0.1, 0.15) is 0 Å². The number of rotatable bonds is 6. The summed E-state index contributed by atoms with van der Waals surface area (Å²) in [6.07, 6.45) is 2.18. The van der Waals surface area contributed by atoms with E-state index in [1.807, 2.05) is 6.07 Å². The molecular weight excluding hydrogens is 1050 g/mol. The zero-order valence-corrected chi connectivity index (χ0v) is 45.4. The van der Waals surface area contributed by atoms with Crippen LogP contribution in [0.4, 0.5) is 0 Å². The zero-order valence-electron chi connectivity index (χ0n) is 44.4. The van der Waals surface area contributed by atoms with Gasteiger partial charge in [0.25, 0.3) is 0 Å². The van der Waals surface area contributed by atoms with E-state index in [0.717, 1.165) is 75.6 Å². The second kappa shape index (κ2) is 17.5. The number of phenolic OH excluding ortho intramolecular Hbond substituents is 1. The second-order valence-electron chi connectivity index (χ2n) is 23.2. The fourth-order valence-corrected chi connectivity index (χ4v) is 11.7. The third kappa shape index (κ3) is 9.58. The van der Waals surface area contributed by atoms with E-state index in [9.17, 15) is 5.11 Å². The normalized spacial score (nSPS) is 13.7. The third-order valence-corrected chi connectivity index (χ3v) is 14.9. The van der Waals surface area contributed by atoms with E-state index in [0.29, 0.717) is 28.9 Å². The van der Waals surface area contributed by atoms with E-state index in [-0.39, 0.29) is 68.4 Å². The number of phenols is 1. The molecule has 0 saturated heterocycles. The Bertz CT molecular complexity index is 3220. The van der Waals surface area contributed by atoms with Crippen molar-refractivity contribution in [2.45, 2.75) is 139 Å². The SMILES string of the molecule is [2H]C([2H])([2H])c1c(CC(C)(C)C)[se]c2c(-c3[c-]c(-c4cccc5c4nc(-c4cc(C(C)(C)C)cc(C(C)(C)C)c4O)n5-c4ccc(C(C)(C)C)cc4-c4ccccc4)cc(C(C)(C)C)c3)ncnc12.[Pt]. The Kier molecular flexibility index (Phi) is 12.0. The molecule has 0 radical (unpaired) electrons. The number of aromatic hydroxyl groups is 1. The van der Waals surface area contributed by atoms with Crippen LogP contribution in [0.1, 0.15) is 140 Å². The molecule has 0 spiro atoms. The first-order valence-electron chi connectivity index (χ1n) is 24.4. The molecule has 0 saturated carbocycles. The maximum atomic E-state index is 12.6. The summed E-state index contributed by atoms with van der Waals surface area (Å²) in [7, 11) is 0. The Balaban J connectivity index is 0.00000703. The Morgan fingerprint density at radius 1 is 0.636 bits per heavy atom. The van der Waals surface area contributed by atoms with Crippen molar-refractivity contribution in [2.75, 3.05) is 0 Å². The van der Waals surface area contributed by atoms with Crippen LogP contribution in [0.25, 0.3) is 71.4 Å². The van der Waals surface area contributed by atoms with Gasteiger partial charge in [-0.25, -0.2) is 0 Å². The largest absolute Gasteiger partial charge is 0 e. The van der Waals surface area contributed by atoms with Crippen LogP contribution in [0.3, 0.4) is 0 Å². The van der Waals surface area contributed by atoms with Crippen LogP contribution >= 0.6 is 0 Å². The quantitative estimate of drug-likeness (QED) is 0.133. The number of aromatic nitrogens is 4. The standard InChI is InChI=1S/C59H67N4OSe.Pt/c1-35-48(33-55(2,3)4)65-53-49(35)60-34-61-50(53)38-27-37(28-40(29-38)57(8,9)10)42-23-20-24-47-51(42)62-54(44-31-41(58(11,12)13)32-45(52(44)64)59(14,15)16)63(47)46-26-25-39(56(5,6)7)30-43(46)36-21-18-17-19-22-36;/h17-26,28-32,34,64H,33H2,1-16H3;/q-1;/i1D3;. The van der Waals surface area contributed by atoms with Gasteiger partial charge in [-0.1, -0.05) is 98.7 Å². The van der Waals surface area contributed by atoms with Crippen LogP contribution < -0.4 is 0 Å². The molecule has 7 heteroatoms. The van der Waals surface area contributed by atoms with Crippen LogP contribution in [0.2, 0.25) is 0 Å². The van der Waals surface area contributed by atoms with Crippen molar-refractivity contribution in [3.05, 3.63) is 136 Å². The Morgan fingerprint density at radius 3 is 1.89 bits per heavy atom. The molecule has 3 heterocycles. The fourth-order valence-electron chi connectivity index (χ4n) is 8.63. The molecule has 8 rings (SSSR count). The van der Waals surface area contributed by atoms with E-state index in [2.05, 4.69) is 204 Å². The maximum absolute atomic E-state index is 12.6. The summed E-state index contributed by atoms with van der Waals surface area (Å²) in [6.45, 7) is 30.6. The summed E-state index contributed by atoms with van der Waals surface area (Å²) in [6, 6.07) is 36.1. The minimum atomic E-state index is -2.31. The molecule has 66 heavy (non-hydrogen) atoms. The van der Waals surface area contributed by atoms with Crippen molar-refractivity contribution in [1.29, 1.82) is 0 Å². The van der Waals surface area contributed by atoms with Crippen LogP contribution in [0.15, 0.2) is 97.3 Å². The first-order chi connectivity index (χ1) is 31.4. The predicted octanol–water partition coefficient (Wildman–Crippen LogP) is 15.3. The molecule has 0 atom stereocenters. The first kappa shape index (κ1) is 45.2. The molecule has 346 valence electrons. The molecule has 0 aliphatic rings. The Labute approximate surface area is 418 Å². The molecule has 0 amide bonds. The predicted molar refractivity (Wildman–Crippen MR) is 276 cm³/mol. The zero-order chi connectivity index (χ0) is 49.7. The van der Waals surface area contributed by atoms with Crippen molar-refractivity contribution in [3.63, 3.8) is 0 Å². The van der Waals surface area contributed by atoms with E-state index in [4.69, 9.17) is 14.1 Å². The van der Waals surface area contributed by atoms with Crippen molar-refractivity contribution in [2.24, 2.45) is 5.41 Å². The van der Waals surface area contributed by atoms with E-state index in [1.165, 1.54) is 11.9 Å². The van der Waals surface area contributed by atoms with Crippen LogP contribution in [-0.2, 0) is 49.1 Å². The number of nitrogens with zero attached hydrogens (tertiary/aromatic N) is 4. The molecule has 8 aromatic rings. The molecule has 5 nitrogen and oxygen atoms in total. The third-order valence-electron chi connectivity index (χ3n) is 12.4. The van der Waals surface area contributed by atoms with Crippen molar-refractivity contribution >= 4 is 35.3 Å². The van der Waals surface area contributed by atoms with Gasteiger partial charge in [-0.15, -0.1) is 0 Å². The summed E-state index contributed by atoms with van der Waals surface area (Å²) >= 11 is -0.295. The van der Waals surface area contributed by atoms with Crippen molar-refractivity contribution in [3.8, 4) is 56.3 Å². The van der Waals surface area contributed by atoms with Gasteiger partial charge in [0.2, 0.25) is 0 Å². The van der Waals surface area contributed by atoms with Crippen molar-refractivity contribution < 1.29 is 30.3 Å². The average Bonchev–Trinajstić information content (AvgIpc) is 3.80. The minimum Gasteiger partial charge on any atom is 0 e. The minimum absolute atomic E-state index is 0. The van der Waals surface area contributed by atoms with E-state index < -0.39 is 6.85 Å². The van der Waals surface area contributed by atoms with Gasteiger partial charge in [0, 0.05) is 21.1 Å². The summed E-state index contributed by atoms with van der Waals surface area (Å²) in [5.41, 5.74) is 12.8. The topological polar surface area (TPSA) is 63.8 Å². The van der Waals surface area contributed by atoms with Gasteiger partial charge in [-0.3, -0.25) is 0 Å². The number of benzene rings is 5. The molecule has 0 aliphatic heterocycles. The Hall–Kier alpha value is -4.60. The molecule has 0 bridgehead atoms. The molecule has 0 fully saturated rings. The summed E-state index contributed by atoms with van der Waals surface area (Å²) in [5, 5.41) is 12.6. The Morgan fingerprint density at radius 2 is 1.27 bits per heavy atom. The smallest absolute Gasteiger partial charge is 0 e. The van der Waals surface area contributed by atoms with Gasteiger partial charge >= 0.3 is 280 Å². The molecule has 3 aromatic heterocycles. The van der Waals surface area contributed by atoms with E-state index >= 15 is 0 Å². The van der Waals surface area contributed by atoms with Gasteiger partial charge < -0.3 is 0 Å². The van der Waals surface area contributed by atoms with Crippen molar-refractivity contribution in [1.82, 2.24) is 19.5 Å². The van der Waals surface area contributed by atoms with E-state index in [1.54, 1.807) is 0 Å². The summed E-state index contributed by atoms with van der Waals surface area (Å²) in [5.74, 6) is 0.857. The molecule has 5 aromatic carbocycles. The summed E-state index contributed by atoms with van der Waals surface area (Å²) in [4.78, 5) is 15.3. The molecular formula is C59H67N4OPtSe-. The molecule has 0 unspecified atom stereocenters. The van der Waals surface area contributed by atoms with Crippen LogP contribution in [0.5, 0.6) is 5.75 Å². The molecule has 0 aliphatic carbocycles. The maximum Gasteiger partial charge on any atom is 0 e. The number of para-hydroxylation sites is 1. The fraction of sp³-hybridized carbons (Fsp3) is 0.373. The monoisotopic (exact) mass is 1130 g/mol. The number of hydrogen-bond acceptors (Lipinski definition) is 4. The number of imidazole rings is 1. The van der Waals surface area contributed by atoms with Gasteiger partial charge in [0.05, 0.1) is 0 Å². The number of aryl methyl sites for hydroxylation is 1. The number of fused-ring (bicyclic) bond motifs is 2. The van der Waals surface area contributed by atoms with Crippen LogP contribution in [-0.4, -0.2) is 39.1 Å². The summed E-state index contributed by atoms with van der Waals surface area (Å²) < 4.78 is 30.0.